The van der Waals surface area contributed by atoms with Crippen molar-refractivity contribution in [3.8, 4) is 0 Å². The molecule has 0 bridgehead atoms. The van der Waals surface area contributed by atoms with Crippen LogP contribution in [0.4, 0.5) is 14.5 Å². The van der Waals surface area contributed by atoms with Gasteiger partial charge in [0.15, 0.2) is 12.3 Å². The number of fused-ring (bicyclic) bond motifs is 1. The number of benzene rings is 1. The first-order valence-electron chi connectivity index (χ1n) is 8.10. The number of aromatic nitrogens is 3. The van der Waals surface area contributed by atoms with Crippen molar-refractivity contribution in [1.82, 2.24) is 14.8 Å². The topological polar surface area (TPSA) is 86.1 Å². The Labute approximate surface area is 153 Å². The third-order valence-corrected chi connectivity index (χ3v) is 3.70. The first kappa shape index (κ1) is 18.4. The van der Waals surface area contributed by atoms with Gasteiger partial charge in [-0.1, -0.05) is 0 Å². The lowest BCUT2D eigenvalue weighted by molar-refractivity contribution is -0.119. The van der Waals surface area contributed by atoms with Gasteiger partial charge in [0.2, 0.25) is 0 Å². The van der Waals surface area contributed by atoms with Crippen LogP contribution in [0.2, 0.25) is 0 Å². The molecule has 0 aliphatic rings. The van der Waals surface area contributed by atoms with E-state index in [1.165, 1.54) is 6.20 Å². The lowest BCUT2D eigenvalue weighted by atomic mass is 10.2. The lowest BCUT2D eigenvalue weighted by Crippen LogP contribution is -2.21. The number of rotatable bonds is 5. The number of ether oxygens (including phenoxy) is 1. The number of nitrogens with zero attached hydrogens (tertiary/aromatic N) is 3. The second kappa shape index (κ2) is 7.48. The number of nitrogens with one attached hydrogen (secondary N) is 1. The number of hydrogen-bond acceptors (Lipinski definition) is 5. The van der Waals surface area contributed by atoms with E-state index in [1.54, 1.807) is 16.9 Å². The number of pyridine rings is 1. The monoisotopic (exact) mass is 374 g/mol. The standard InChI is InChI=1S/C18H16F2N4O3/c1-10(2)24-17-11(8-22-24)5-12(7-21-17)18(26)27-9-16(25)23-15-6-13(19)3-4-14(15)20/h3-8,10H,9H2,1-2H3,(H,23,25). The smallest absolute Gasteiger partial charge is 0.340 e. The van der Waals surface area contributed by atoms with Gasteiger partial charge in [-0.05, 0) is 32.0 Å². The van der Waals surface area contributed by atoms with Gasteiger partial charge in [-0.3, -0.25) is 4.79 Å². The molecule has 1 amide bonds. The summed E-state index contributed by atoms with van der Waals surface area (Å²) in [4.78, 5) is 28.1. The Balaban J connectivity index is 1.64. The first-order valence-corrected chi connectivity index (χ1v) is 8.10. The van der Waals surface area contributed by atoms with E-state index in [9.17, 15) is 18.4 Å². The summed E-state index contributed by atoms with van der Waals surface area (Å²) in [6, 6.07) is 4.31. The number of esters is 1. The summed E-state index contributed by atoms with van der Waals surface area (Å²) in [5, 5.41) is 7.00. The fourth-order valence-electron chi connectivity index (χ4n) is 2.42. The Morgan fingerprint density at radius 3 is 2.74 bits per heavy atom. The number of carbonyl (C=O) groups excluding carboxylic acids is 2. The zero-order valence-corrected chi connectivity index (χ0v) is 14.6. The van der Waals surface area contributed by atoms with Crippen molar-refractivity contribution in [1.29, 1.82) is 0 Å². The van der Waals surface area contributed by atoms with Crippen molar-refractivity contribution in [3.05, 3.63) is 53.9 Å². The van der Waals surface area contributed by atoms with Crippen LogP contribution in [0.1, 0.15) is 30.2 Å². The Morgan fingerprint density at radius 2 is 2.00 bits per heavy atom. The molecule has 27 heavy (non-hydrogen) atoms. The highest BCUT2D eigenvalue weighted by atomic mass is 19.1. The number of halogens is 2. The van der Waals surface area contributed by atoms with Crippen molar-refractivity contribution in [2.24, 2.45) is 0 Å². The average Bonchev–Trinajstić information content (AvgIpc) is 3.06. The number of carbonyl (C=O) groups is 2. The predicted molar refractivity (Wildman–Crippen MR) is 93.2 cm³/mol. The van der Waals surface area contributed by atoms with E-state index in [1.807, 2.05) is 13.8 Å². The Bertz CT molecular complexity index is 1020. The van der Waals surface area contributed by atoms with Crippen LogP contribution >= 0.6 is 0 Å². The molecule has 2 aromatic heterocycles. The van der Waals surface area contributed by atoms with E-state index in [0.29, 0.717) is 11.0 Å². The normalized spacial score (nSPS) is 11.0. The van der Waals surface area contributed by atoms with Gasteiger partial charge in [-0.2, -0.15) is 5.10 Å². The first-order chi connectivity index (χ1) is 12.8. The summed E-state index contributed by atoms with van der Waals surface area (Å²) >= 11 is 0. The number of anilines is 1. The van der Waals surface area contributed by atoms with E-state index in [0.717, 1.165) is 18.2 Å². The van der Waals surface area contributed by atoms with Crippen LogP contribution in [0.5, 0.6) is 0 Å². The Morgan fingerprint density at radius 1 is 1.22 bits per heavy atom. The minimum atomic E-state index is -0.798. The molecule has 2 heterocycles. The minimum Gasteiger partial charge on any atom is -0.452 e. The zero-order valence-electron chi connectivity index (χ0n) is 14.6. The molecular formula is C18H16F2N4O3. The molecule has 3 rings (SSSR count). The van der Waals surface area contributed by atoms with Gasteiger partial charge in [0, 0.05) is 23.7 Å². The van der Waals surface area contributed by atoms with Crippen molar-refractivity contribution < 1.29 is 23.1 Å². The van der Waals surface area contributed by atoms with E-state index in [2.05, 4.69) is 15.4 Å². The van der Waals surface area contributed by atoms with Gasteiger partial charge < -0.3 is 10.1 Å². The third-order valence-electron chi connectivity index (χ3n) is 3.70. The van der Waals surface area contributed by atoms with Gasteiger partial charge in [-0.15, -0.1) is 0 Å². The van der Waals surface area contributed by atoms with Crippen LogP contribution in [-0.2, 0) is 9.53 Å². The zero-order chi connectivity index (χ0) is 19.6. The predicted octanol–water partition coefficient (Wildman–Crippen LogP) is 3.09. The summed E-state index contributed by atoms with van der Waals surface area (Å²) in [5.74, 6) is -3.07. The number of amides is 1. The highest BCUT2D eigenvalue weighted by molar-refractivity contribution is 5.96. The summed E-state index contributed by atoms with van der Waals surface area (Å²) in [6.07, 6.45) is 2.91. The fourth-order valence-corrected chi connectivity index (χ4v) is 2.42. The molecule has 0 atom stereocenters. The molecule has 0 saturated carbocycles. The number of hydrogen-bond donors (Lipinski definition) is 1. The molecule has 9 heteroatoms. The largest absolute Gasteiger partial charge is 0.452 e. The van der Waals surface area contributed by atoms with E-state index in [4.69, 9.17) is 4.74 Å². The van der Waals surface area contributed by atoms with Crippen LogP contribution in [0.3, 0.4) is 0 Å². The highest BCUT2D eigenvalue weighted by Crippen LogP contribution is 2.17. The third kappa shape index (κ3) is 4.08. The summed E-state index contributed by atoms with van der Waals surface area (Å²) < 4.78 is 33.2. The molecule has 1 N–H and O–H groups in total. The molecule has 7 nitrogen and oxygen atoms in total. The molecule has 0 radical (unpaired) electrons. The highest BCUT2D eigenvalue weighted by Gasteiger charge is 2.15. The molecule has 0 fully saturated rings. The summed E-state index contributed by atoms with van der Waals surface area (Å²) in [7, 11) is 0. The van der Waals surface area contributed by atoms with E-state index in [-0.39, 0.29) is 17.3 Å². The van der Waals surface area contributed by atoms with Crippen LogP contribution in [0, 0.1) is 11.6 Å². The maximum Gasteiger partial charge on any atom is 0.340 e. The maximum absolute atomic E-state index is 13.5. The van der Waals surface area contributed by atoms with Gasteiger partial charge in [0.05, 0.1) is 17.4 Å². The quantitative estimate of drug-likeness (QED) is 0.694. The van der Waals surface area contributed by atoms with E-state index < -0.39 is 30.1 Å². The van der Waals surface area contributed by atoms with Gasteiger partial charge in [0.25, 0.3) is 5.91 Å². The lowest BCUT2D eigenvalue weighted by Gasteiger charge is -2.08. The maximum atomic E-state index is 13.5. The molecule has 0 aliphatic carbocycles. The van der Waals surface area contributed by atoms with Crippen molar-refractivity contribution >= 4 is 28.6 Å². The second-order valence-electron chi connectivity index (χ2n) is 6.07. The molecule has 0 spiro atoms. The SMILES string of the molecule is CC(C)n1ncc2cc(C(=O)OCC(=O)Nc3cc(F)ccc3F)cnc21. The van der Waals surface area contributed by atoms with E-state index >= 15 is 0 Å². The molecular weight excluding hydrogens is 358 g/mol. The minimum absolute atomic E-state index is 0.111. The van der Waals surface area contributed by atoms with Gasteiger partial charge in [-0.25, -0.2) is 23.2 Å². The molecule has 0 aliphatic heterocycles. The van der Waals surface area contributed by atoms with Crippen LogP contribution in [0.15, 0.2) is 36.7 Å². The van der Waals surface area contributed by atoms with Crippen LogP contribution in [-0.4, -0.2) is 33.2 Å². The summed E-state index contributed by atoms with van der Waals surface area (Å²) in [5.41, 5.74) is 0.441. The molecule has 140 valence electrons. The molecule has 1 aromatic carbocycles. The van der Waals surface area contributed by atoms with Gasteiger partial charge in [0.1, 0.15) is 11.6 Å². The van der Waals surface area contributed by atoms with Crippen molar-refractivity contribution in [3.63, 3.8) is 0 Å². The molecule has 0 unspecified atom stereocenters. The second-order valence-corrected chi connectivity index (χ2v) is 6.07. The van der Waals surface area contributed by atoms with Gasteiger partial charge >= 0.3 is 5.97 Å². The molecule has 3 aromatic rings. The average molecular weight is 374 g/mol. The van der Waals surface area contributed by atoms with Crippen LogP contribution in [0.25, 0.3) is 11.0 Å². The molecule has 0 saturated heterocycles. The Hall–Kier alpha value is -3.36. The Kier molecular flexibility index (Phi) is 5.11. The van der Waals surface area contributed by atoms with Crippen LogP contribution < -0.4 is 5.32 Å². The van der Waals surface area contributed by atoms with Crippen molar-refractivity contribution in [2.75, 3.05) is 11.9 Å². The van der Waals surface area contributed by atoms with Crippen molar-refractivity contribution in [2.45, 2.75) is 19.9 Å². The summed E-state index contributed by atoms with van der Waals surface area (Å²) in [6.45, 7) is 3.25. The fraction of sp³-hybridized carbons (Fsp3) is 0.222.